The van der Waals surface area contributed by atoms with Crippen LogP contribution in [0.1, 0.15) is 19.4 Å². The zero-order valence-corrected chi connectivity index (χ0v) is 12.3. The van der Waals surface area contributed by atoms with Gasteiger partial charge in [-0.05, 0) is 25.4 Å². The highest BCUT2D eigenvalue weighted by molar-refractivity contribution is 6.58. The first-order chi connectivity index (χ1) is 9.44. The molecule has 0 aromatic heterocycles. The molecule has 0 spiro atoms. The molecule has 1 fully saturated rings. The first-order valence-electron chi connectivity index (χ1n) is 6.80. The molecule has 2 N–H and O–H groups in total. The van der Waals surface area contributed by atoms with Crippen molar-refractivity contribution in [3.63, 3.8) is 0 Å². The molecule has 0 unspecified atom stereocenters. The Kier molecular flexibility index (Phi) is 4.70. The van der Waals surface area contributed by atoms with Gasteiger partial charge in [0.05, 0.1) is 20.3 Å². The molecule has 0 aliphatic carbocycles. The Labute approximate surface area is 120 Å². The molecule has 0 radical (unpaired) electrons. The predicted molar refractivity (Wildman–Crippen MR) is 78.1 cm³/mol. The molecule has 1 aliphatic rings. The van der Waals surface area contributed by atoms with E-state index in [4.69, 9.17) is 9.47 Å². The molecule has 0 bridgehead atoms. The second kappa shape index (κ2) is 6.14. The zero-order chi connectivity index (χ0) is 14.8. The number of methoxy groups -OCH3 is 1. The van der Waals surface area contributed by atoms with Gasteiger partial charge in [-0.15, -0.1) is 0 Å². The van der Waals surface area contributed by atoms with Crippen molar-refractivity contribution in [1.29, 1.82) is 0 Å². The van der Waals surface area contributed by atoms with Gasteiger partial charge in [-0.2, -0.15) is 0 Å². The van der Waals surface area contributed by atoms with E-state index in [9.17, 15) is 10.0 Å². The maximum absolute atomic E-state index is 9.30. The Bertz CT molecular complexity index is 464. The molecule has 1 saturated heterocycles. The van der Waals surface area contributed by atoms with Crippen molar-refractivity contribution in [2.45, 2.75) is 25.9 Å². The molecular formula is C14H22BNO4. The summed E-state index contributed by atoms with van der Waals surface area (Å²) in [5.41, 5.74) is 1.39. The van der Waals surface area contributed by atoms with Gasteiger partial charge in [0.1, 0.15) is 5.75 Å². The lowest BCUT2D eigenvalue weighted by molar-refractivity contribution is -0.0554. The lowest BCUT2D eigenvalue weighted by Crippen LogP contribution is -2.52. The average molecular weight is 279 g/mol. The van der Waals surface area contributed by atoms with Crippen LogP contribution in [0.25, 0.3) is 0 Å². The van der Waals surface area contributed by atoms with Crippen molar-refractivity contribution in [3.8, 4) is 5.75 Å². The highest BCUT2D eigenvalue weighted by Gasteiger charge is 2.31. The summed E-state index contributed by atoms with van der Waals surface area (Å²) in [4.78, 5) is 2.32. The van der Waals surface area contributed by atoms with Crippen LogP contribution in [0, 0.1) is 0 Å². The fraction of sp³-hybridized carbons (Fsp3) is 0.571. The summed E-state index contributed by atoms with van der Waals surface area (Å²) in [6.07, 6.45) is 0. The summed E-state index contributed by atoms with van der Waals surface area (Å²) in [6.45, 7) is 7.24. The molecule has 1 aromatic rings. The third kappa shape index (κ3) is 3.33. The molecular weight excluding hydrogens is 257 g/mol. The van der Waals surface area contributed by atoms with Crippen molar-refractivity contribution in [2.75, 3.05) is 26.9 Å². The minimum atomic E-state index is -1.46. The molecule has 1 heterocycles. The van der Waals surface area contributed by atoms with Gasteiger partial charge in [0.25, 0.3) is 0 Å². The van der Waals surface area contributed by atoms with E-state index in [1.807, 2.05) is 0 Å². The van der Waals surface area contributed by atoms with E-state index in [1.54, 1.807) is 25.3 Å². The third-order valence-electron chi connectivity index (χ3n) is 3.78. The molecule has 6 heteroatoms. The Morgan fingerprint density at radius 2 is 2.15 bits per heavy atom. The van der Waals surface area contributed by atoms with Crippen LogP contribution < -0.4 is 10.2 Å². The molecule has 5 nitrogen and oxygen atoms in total. The van der Waals surface area contributed by atoms with Crippen LogP contribution in [0.3, 0.4) is 0 Å². The Balaban J connectivity index is 2.24. The standard InChI is InChI=1S/C14H22BNO4/c1-14(2)10-20-7-6-16(14)9-11-8-12(15(17)18)4-5-13(11)19-3/h4-5,8,17-18H,6-7,9-10H2,1-3H3. The van der Waals surface area contributed by atoms with Crippen LogP contribution in [0.15, 0.2) is 18.2 Å². The van der Waals surface area contributed by atoms with Crippen molar-refractivity contribution in [1.82, 2.24) is 4.90 Å². The fourth-order valence-corrected chi connectivity index (χ4v) is 2.47. The van der Waals surface area contributed by atoms with Crippen LogP contribution >= 0.6 is 0 Å². The van der Waals surface area contributed by atoms with E-state index in [1.165, 1.54) is 0 Å². The first-order valence-corrected chi connectivity index (χ1v) is 6.80. The molecule has 0 saturated carbocycles. The second-order valence-corrected chi connectivity index (χ2v) is 5.73. The predicted octanol–water partition coefficient (Wildman–Crippen LogP) is -0.0142. The molecule has 0 atom stereocenters. The molecule has 110 valence electrons. The maximum Gasteiger partial charge on any atom is 0.488 e. The number of benzene rings is 1. The summed E-state index contributed by atoms with van der Waals surface area (Å²) in [5, 5.41) is 18.6. The quantitative estimate of drug-likeness (QED) is 0.759. The summed E-state index contributed by atoms with van der Waals surface area (Å²) in [5.74, 6) is 0.761. The second-order valence-electron chi connectivity index (χ2n) is 5.73. The number of morpholine rings is 1. The van der Waals surface area contributed by atoms with E-state index in [0.29, 0.717) is 25.2 Å². The maximum atomic E-state index is 9.30. The van der Waals surface area contributed by atoms with Gasteiger partial charge < -0.3 is 19.5 Å². The van der Waals surface area contributed by atoms with Crippen LogP contribution in [0.5, 0.6) is 5.75 Å². The number of ether oxygens (including phenoxy) is 2. The van der Waals surface area contributed by atoms with Crippen LogP contribution in [0.2, 0.25) is 0 Å². The van der Waals surface area contributed by atoms with E-state index in [2.05, 4.69) is 18.7 Å². The average Bonchev–Trinajstić information content (AvgIpc) is 2.41. The van der Waals surface area contributed by atoms with Crippen molar-refractivity contribution in [3.05, 3.63) is 23.8 Å². The van der Waals surface area contributed by atoms with Gasteiger partial charge in [-0.1, -0.05) is 12.1 Å². The van der Waals surface area contributed by atoms with Crippen LogP contribution in [-0.2, 0) is 11.3 Å². The number of hydrogen-bond donors (Lipinski definition) is 2. The van der Waals surface area contributed by atoms with Crippen molar-refractivity contribution < 1.29 is 19.5 Å². The Morgan fingerprint density at radius 3 is 2.75 bits per heavy atom. The largest absolute Gasteiger partial charge is 0.496 e. The van der Waals surface area contributed by atoms with Crippen LogP contribution in [0.4, 0.5) is 0 Å². The molecule has 1 aromatic carbocycles. The van der Waals surface area contributed by atoms with Gasteiger partial charge >= 0.3 is 7.12 Å². The van der Waals surface area contributed by atoms with Gasteiger partial charge in [0.2, 0.25) is 0 Å². The molecule has 20 heavy (non-hydrogen) atoms. The minimum Gasteiger partial charge on any atom is -0.496 e. The van der Waals surface area contributed by atoms with Gasteiger partial charge in [0, 0.05) is 24.2 Å². The Hall–Kier alpha value is -1.08. The monoisotopic (exact) mass is 279 g/mol. The molecule has 1 aliphatic heterocycles. The summed E-state index contributed by atoms with van der Waals surface area (Å²) in [7, 11) is 0.163. The topological polar surface area (TPSA) is 62.2 Å². The first kappa shape index (κ1) is 15.3. The number of hydrogen-bond acceptors (Lipinski definition) is 5. The molecule has 2 rings (SSSR count). The minimum absolute atomic E-state index is 0.0445. The lowest BCUT2D eigenvalue weighted by atomic mass is 9.79. The summed E-state index contributed by atoms with van der Waals surface area (Å²) in [6, 6.07) is 5.23. The van der Waals surface area contributed by atoms with Crippen molar-refractivity contribution >= 4 is 12.6 Å². The van der Waals surface area contributed by atoms with Crippen molar-refractivity contribution in [2.24, 2.45) is 0 Å². The highest BCUT2D eigenvalue weighted by Crippen LogP contribution is 2.25. The van der Waals surface area contributed by atoms with E-state index in [-0.39, 0.29) is 5.54 Å². The van der Waals surface area contributed by atoms with Gasteiger partial charge in [0.15, 0.2) is 0 Å². The fourth-order valence-electron chi connectivity index (χ4n) is 2.47. The highest BCUT2D eigenvalue weighted by atomic mass is 16.5. The zero-order valence-electron chi connectivity index (χ0n) is 12.3. The molecule has 0 amide bonds. The van der Waals surface area contributed by atoms with E-state index >= 15 is 0 Å². The number of rotatable bonds is 4. The normalized spacial score (nSPS) is 18.9. The number of nitrogens with zero attached hydrogens (tertiary/aromatic N) is 1. The van der Waals surface area contributed by atoms with Crippen LogP contribution in [-0.4, -0.2) is 54.5 Å². The summed E-state index contributed by atoms with van der Waals surface area (Å²) >= 11 is 0. The van der Waals surface area contributed by atoms with Gasteiger partial charge in [-0.3, -0.25) is 4.90 Å². The SMILES string of the molecule is COc1ccc(B(O)O)cc1CN1CCOCC1(C)C. The van der Waals surface area contributed by atoms with E-state index < -0.39 is 7.12 Å². The Morgan fingerprint density at radius 1 is 1.40 bits per heavy atom. The van der Waals surface area contributed by atoms with E-state index in [0.717, 1.165) is 17.9 Å². The lowest BCUT2D eigenvalue weighted by Gasteiger charge is -2.42. The van der Waals surface area contributed by atoms with Gasteiger partial charge in [-0.25, -0.2) is 0 Å². The summed E-state index contributed by atoms with van der Waals surface area (Å²) < 4.78 is 10.9. The smallest absolute Gasteiger partial charge is 0.488 e. The third-order valence-corrected chi connectivity index (χ3v) is 3.78.